The summed E-state index contributed by atoms with van der Waals surface area (Å²) in [6.07, 6.45) is 1.09. The van der Waals surface area contributed by atoms with Gasteiger partial charge in [-0.3, -0.25) is 4.79 Å². The van der Waals surface area contributed by atoms with Crippen LogP contribution in [0, 0.1) is 0 Å². The van der Waals surface area contributed by atoms with E-state index < -0.39 is 0 Å². The minimum absolute atomic E-state index is 0.242. The normalized spacial score (nSPS) is 10.2. The number of thioether (sulfide) groups is 1. The maximum Gasteiger partial charge on any atom is 0.140 e. The molecule has 0 aliphatic carbocycles. The molecule has 1 aromatic heterocycles. The largest absolute Gasteiger partial charge is 0.299 e. The van der Waals surface area contributed by atoms with Gasteiger partial charge in [-0.2, -0.15) is 0 Å². The second kappa shape index (κ2) is 4.67. The Labute approximate surface area is 81.2 Å². The molecule has 0 aromatic carbocycles. The highest BCUT2D eigenvalue weighted by Crippen LogP contribution is 2.27. The summed E-state index contributed by atoms with van der Waals surface area (Å²) in [6.45, 7) is 3.77. The van der Waals surface area contributed by atoms with Gasteiger partial charge in [0.2, 0.25) is 0 Å². The van der Waals surface area contributed by atoms with E-state index in [2.05, 4.69) is 19.1 Å². The molecule has 0 radical (unpaired) electrons. The van der Waals surface area contributed by atoms with Crippen LogP contribution in [0.4, 0.5) is 0 Å². The van der Waals surface area contributed by atoms with E-state index in [9.17, 15) is 4.79 Å². The molecule has 0 saturated carbocycles. The average Bonchev–Trinajstić information content (AvgIpc) is 2.48. The molecule has 0 aliphatic heterocycles. The molecule has 1 aromatic rings. The first kappa shape index (κ1) is 9.81. The van der Waals surface area contributed by atoms with Crippen molar-refractivity contribution in [3.8, 4) is 0 Å². The van der Waals surface area contributed by atoms with Gasteiger partial charge in [-0.15, -0.1) is 23.1 Å². The van der Waals surface area contributed by atoms with E-state index in [1.165, 1.54) is 9.09 Å². The highest BCUT2D eigenvalue weighted by atomic mass is 32.2. The Hall–Kier alpha value is -0.280. The van der Waals surface area contributed by atoms with E-state index in [1.807, 2.05) is 0 Å². The number of hydrogen-bond acceptors (Lipinski definition) is 3. The molecule has 1 heterocycles. The number of ketones is 1. The van der Waals surface area contributed by atoms with Crippen LogP contribution in [0.25, 0.3) is 0 Å². The molecule has 0 aliphatic rings. The monoisotopic (exact) mass is 200 g/mol. The molecular weight excluding hydrogens is 188 g/mol. The Morgan fingerprint density at radius 2 is 2.33 bits per heavy atom. The van der Waals surface area contributed by atoms with Crippen LogP contribution in [0.5, 0.6) is 0 Å². The van der Waals surface area contributed by atoms with Crippen LogP contribution in [-0.2, 0) is 11.2 Å². The highest BCUT2D eigenvalue weighted by Gasteiger charge is 2.00. The fourth-order valence-corrected chi connectivity index (χ4v) is 2.72. The van der Waals surface area contributed by atoms with E-state index in [0.717, 1.165) is 6.42 Å². The number of thiophene rings is 1. The molecule has 0 amide bonds. The number of rotatable bonds is 4. The minimum atomic E-state index is 0.242. The van der Waals surface area contributed by atoms with E-state index in [0.29, 0.717) is 5.75 Å². The van der Waals surface area contributed by atoms with Crippen LogP contribution < -0.4 is 0 Å². The predicted molar refractivity (Wildman–Crippen MR) is 55.1 cm³/mol. The van der Waals surface area contributed by atoms with E-state index >= 15 is 0 Å². The molecule has 0 saturated heterocycles. The lowest BCUT2D eigenvalue weighted by molar-refractivity contribution is -0.114. The van der Waals surface area contributed by atoms with Gasteiger partial charge in [-0.25, -0.2) is 0 Å². The molecule has 12 heavy (non-hydrogen) atoms. The Bertz CT molecular complexity index is 265. The van der Waals surface area contributed by atoms with Crippen molar-refractivity contribution < 1.29 is 4.79 Å². The molecule has 1 nitrogen and oxygen atoms in total. The highest BCUT2D eigenvalue weighted by molar-refractivity contribution is 8.01. The first-order chi connectivity index (χ1) is 5.72. The standard InChI is InChI=1S/C9H12OS2/c1-3-8-4-5-9(12-8)11-6-7(2)10/h4-5H,3,6H2,1-2H3. The van der Waals surface area contributed by atoms with Crippen LogP contribution in [0.2, 0.25) is 0 Å². The van der Waals surface area contributed by atoms with E-state index in [-0.39, 0.29) is 5.78 Å². The Morgan fingerprint density at radius 3 is 2.83 bits per heavy atom. The zero-order valence-corrected chi connectivity index (χ0v) is 8.93. The van der Waals surface area contributed by atoms with Gasteiger partial charge in [0, 0.05) is 4.88 Å². The molecule has 1 rings (SSSR count). The van der Waals surface area contributed by atoms with Gasteiger partial charge in [0.1, 0.15) is 5.78 Å². The number of aryl methyl sites for hydroxylation is 1. The third-order valence-corrected chi connectivity index (χ3v) is 4.00. The van der Waals surface area contributed by atoms with Gasteiger partial charge in [-0.05, 0) is 25.5 Å². The molecule has 0 N–H and O–H groups in total. The molecule has 0 unspecified atom stereocenters. The van der Waals surface area contributed by atoms with Crippen molar-refractivity contribution in [1.29, 1.82) is 0 Å². The second-order valence-electron chi connectivity index (χ2n) is 2.56. The first-order valence-corrected chi connectivity index (χ1v) is 5.73. The van der Waals surface area contributed by atoms with Crippen LogP contribution >= 0.6 is 23.1 Å². The van der Waals surface area contributed by atoms with Crippen molar-refractivity contribution >= 4 is 28.9 Å². The van der Waals surface area contributed by atoms with Crippen LogP contribution in [0.3, 0.4) is 0 Å². The maximum atomic E-state index is 10.7. The predicted octanol–water partition coefficient (Wildman–Crippen LogP) is 2.99. The zero-order chi connectivity index (χ0) is 8.97. The lowest BCUT2D eigenvalue weighted by atomic mass is 10.4. The average molecular weight is 200 g/mol. The number of carbonyl (C=O) groups excluding carboxylic acids is 1. The van der Waals surface area contributed by atoms with Crippen molar-refractivity contribution in [3.63, 3.8) is 0 Å². The third kappa shape index (κ3) is 2.99. The lowest BCUT2D eigenvalue weighted by Gasteiger charge is -1.91. The Kier molecular flexibility index (Phi) is 3.82. The van der Waals surface area contributed by atoms with Gasteiger partial charge in [0.25, 0.3) is 0 Å². The van der Waals surface area contributed by atoms with Crippen LogP contribution in [0.15, 0.2) is 16.3 Å². The van der Waals surface area contributed by atoms with Crippen molar-refractivity contribution in [1.82, 2.24) is 0 Å². The third-order valence-electron chi connectivity index (χ3n) is 1.40. The molecule has 3 heteroatoms. The maximum absolute atomic E-state index is 10.7. The van der Waals surface area contributed by atoms with E-state index in [1.54, 1.807) is 30.0 Å². The number of carbonyl (C=O) groups is 1. The zero-order valence-electron chi connectivity index (χ0n) is 7.29. The van der Waals surface area contributed by atoms with E-state index in [4.69, 9.17) is 0 Å². The lowest BCUT2D eigenvalue weighted by Crippen LogP contribution is -1.91. The smallest absolute Gasteiger partial charge is 0.140 e. The molecule has 66 valence electrons. The second-order valence-corrected chi connectivity index (χ2v) is 5.01. The van der Waals surface area contributed by atoms with Gasteiger partial charge >= 0.3 is 0 Å². The van der Waals surface area contributed by atoms with Crippen molar-refractivity contribution in [3.05, 3.63) is 17.0 Å². The SMILES string of the molecule is CCc1ccc(SCC(C)=O)s1. The number of hydrogen-bond donors (Lipinski definition) is 0. The first-order valence-electron chi connectivity index (χ1n) is 3.93. The van der Waals surface area contributed by atoms with Gasteiger partial charge < -0.3 is 0 Å². The fraction of sp³-hybridized carbons (Fsp3) is 0.444. The summed E-state index contributed by atoms with van der Waals surface area (Å²) in [6, 6.07) is 4.23. The van der Waals surface area contributed by atoms with Crippen molar-refractivity contribution in [2.24, 2.45) is 0 Å². The van der Waals surface area contributed by atoms with Crippen molar-refractivity contribution in [2.75, 3.05) is 5.75 Å². The summed E-state index contributed by atoms with van der Waals surface area (Å²) in [4.78, 5) is 12.1. The number of Topliss-reactive ketones (excluding diaryl/α,β-unsaturated/α-hetero) is 1. The van der Waals surface area contributed by atoms with Crippen LogP contribution in [0.1, 0.15) is 18.7 Å². The van der Waals surface area contributed by atoms with Crippen LogP contribution in [-0.4, -0.2) is 11.5 Å². The fourth-order valence-electron chi connectivity index (χ4n) is 0.799. The van der Waals surface area contributed by atoms with Crippen molar-refractivity contribution in [2.45, 2.75) is 24.5 Å². The molecule has 0 atom stereocenters. The molecular formula is C9H12OS2. The summed E-state index contributed by atoms with van der Waals surface area (Å²) in [7, 11) is 0. The Morgan fingerprint density at radius 1 is 1.58 bits per heavy atom. The summed E-state index contributed by atoms with van der Waals surface area (Å²) in [5, 5.41) is 0. The summed E-state index contributed by atoms with van der Waals surface area (Å²) in [5.41, 5.74) is 0. The molecule has 0 bridgehead atoms. The minimum Gasteiger partial charge on any atom is -0.299 e. The quantitative estimate of drug-likeness (QED) is 0.695. The topological polar surface area (TPSA) is 17.1 Å². The van der Waals surface area contributed by atoms with Gasteiger partial charge in [-0.1, -0.05) is 6.92 Å². The summed E-state index contributed by atoms with van der Waals surface area (Å²) >= 11 is 3.42. The van der Waals surface area contributed by atoms with Gasteiger partial charge in [0.15, 0.2) is 0 Å². The summed E-state index contributed by atoms with van der Waals surface area (Å²) < 4.78 is 1.25. The van der Waals surface area contributed by atoms with Gasteiger partial charge in [0.05, 0.1) is 9.96 Å². The summed E-state index contributed by atoms with van der Waals surface area (Å²) in [5.74, 6) is 0.843. The Balaban J connectivity index is 2.47. The molecule has 0 spiro atoms. The molecule has 0 fully saturated rings.